The molecule has 0 aromatic rings. The lowest BCUT2D eigenvalue weighted by molar-refractivity contribution is -0.167. The molecule has 0 bridgehead atoms. The molecular weight excluding hydrogens is 685 g/mol. The summed E-state index contributed by atoms with van der Waals surface area (Å²) in [7, 11) is 0. The van der Waals surface area contributed by atoms with Crippen molar-refractivity contribution in [3.8, 4) is 0 Å². The van der Waals surface area contributed by atoms with Crippen LogP contribution in [0.1, 0.15) is 272 Å². The first-order valence-electron chi connectivity index (χ1n) is 24.4. The van der Waals surface area contributed by atoms with Crippen LogP contribution in [0, 0.1) is 5.92 Å². The second kappa shape index (κ2) is 43.5. The standard InChI is InChI=1S/C49H94O6/c1-5-7-9-11-13-14-15-16-17-18-23-26-30-34-38-42-49(52)55-46(43-53-47(50)40-36-32-27-12-10-8-6-2)44-54-48(51)41-37-33-29-25-22-20-19-21-24-28-31-35-39-45(3)4/h45-46H,5-44H2,1-4H3/t46-/m0/s1. The van der Waals surface area contributed by atoms with Gasteiger partial charge in [0.2, 0.25) is 0 Å². The van der Waals surface area contributed by atoms with Crippen LogP contribution >= 0.6 is 0 Å². The minimum atomic E-state index is -0.758. The Kier molecular flexibility index (Phi) is 42.3. The first kappa shape index (κ1) is 53.4. The Morgan fingerprint density at radius 1 is 0.345 bits per heavy atom. The van der Waals surface area contributed by atoms with E-state index in [1.807, 2.05) is 0 Å². The third-order valence-corrected chi connectivity index (χ3v) is 11.0. The SMILES string of the molecule is CCCCCCCCCCCCCCCCCC(=O)O[C@@H](COC(=O)CCCCCCCCC)COC(=O)CCCCCCCCCCCCCCC(C)C. The fraction of sp³-hybridized carbons (Fsp3) is 0.939. The molecule has 0 rings (SSSR count). The van der Waals surface area contributed by atoms with E-state index in [4.69, 9.17) is 14.2 Å². The van der Waals surface area contributed by atoms with E-state index >= 15 is 0 Å². The van der Waals surface area contributed by atoms with Gasteiger partial charge in [-0.2, -0.15) is 0 Å². The summed E-state index contributed by atoms with van der Waals surface area (Å²) in [5.41, 5.74) is 0. The first-order valence-corrected chi connectivity index (χ1v) is 24.4. The van der Waals surface area contributed by atoms with E-state index in [0.29, 0.717) is 19.3 Å². The average molecular weight is 779 g/mol. The van der Waals surface area contributed by atoms with E-state index in [1.54, 1.807) is 0 Å². The fourth-order valence-electron chi connectivity index (χ4n) is 7.33. The molecule has 326 valence electrons. The largest absolute Gasteiger partial charge is 0.462 e. The Morgan fingerprint density at radius 3 is 0.891 bits per heavy atom. The number of hydrogen-bond donors (Lipinski definition) is 0. The molecule has 6 heteroatoms. The number of hydrogen-bond acceptors (Lipinski definition) is 6. The maximum absolute atomic E-state index is 12.7. The quantitative estimate of drug-likeness (QED) is 0.0348. The summed E-state index contributed by atoms with van der Waals surface area (Å²) in [6, 6.07) is 0. The normalized spacial score (nSPS) is 11.9. The van der Waals surface area contributed by atoms with Crippen LogP contribution in [0.3, 0.4) is 0 Å². The molecule has 0 heterocycles. The number of carbonyl (C=O) groups excluding carboxylic acids is 3. The van der Waals surface area contributed by atoms with Crippen LogP contribution < -0.4 is 0 Å². The molecule has 6 nitrogen and oxygen atoms in total. The van der Waals surface area contributed by atoms with Gasteiger partial charge >= 0.3 is 17.9 Å². The van der Waals surface area contributed by atoms with E-state index in [9.17, 15) is 14.4 Å². The highest BCUT2D eigenvalue weighted by Gasteiger charge is 2.19. The lowest BCUT2D eigenvalue weighted by Gasteiger charge is -2.18. The summed E-state index contributed by atoms with van der Waals surface area (Å²) in [5.74, 6) is -0.0211. The first-order chi connectivity index (χ1) is 26.9. The van der Waals surface area contributed by atoms with Gasteiger partial charge in [0.15, 0.2) is 6.10 Å². The van der Waals surface area contributed by atoms with Gasteiger partial charge in [0.1, 0.15) is 13.2 Å². The molecule has 0 fully saturated rings. The molecule has 0 saturated carbocycles. The Balaban J connectivity index is 4.23. The van der Waals surface area contributed by atoms with E-state index in [0.717, 1.165) is 63.7 Å². The van der Waals surface area contributed by atoms with Crippen LogP contribution in [0.5, 0.6) is 0 Å². The number of rotatable bonds is 44. The molecule has 0 aromatic carbocycles. The van der Waals surface area contributed by atoms with Gasteiger partial charge in [-0.05, 0) is 25.2 Å². The Labute approximate surface area is 342 Å². The lowest BCUT2D eigenvalue weighted by atomic mass is 10.0. The molecule has 0 radical (unpaired) electrons. The van der Waals surface area contributed by atoms with Crippen LogP contribution in [0.2, 0.25) is 0 Å². The van der Waals surface area contributed by atoms with Gasteiger partial charge in [-0.25, -0.2) is 0 Å². The molecule has 1 atom stereocenters. The van der Waals surface area contributed by atoms with E-state index < -0.39 is 6.10 Å². The van der Waals surface area contributed by atoms with Crippen molar-refractivity contribution in [1.82, 2.24) is 0 Å². The molecule has 0 N–H and O–H groups in total. The predicted octanol–water partition coefficient (Wildman–Crippen LogP) is 15.5. The van der Waals surface area contributed by atoms with Crippen molar-refractivity contribution in [1.29, 1.82) is 0 Å². The maximum Gasteiger partial charge on any atom is 0.306 e. The second-order valence-corrected chi connectivity index (χ2v) is 17.2. The van der Waals surface area contributed by atoms with Crippen LogP contribution in [0.15, 0.2) is 0 Å². The Hall–Kier alpha value is -1.59. The van der Waals surface area contributed by atoms with E-state index in [-0.39, 0.29) is 31.1 Å². The molecular formula is C49H94O6. The minimum Gasteiger partial charge on any atom is -0.462 e. The number of ether oxygens (including phenoxy) is 3. The number of carbonyl (C=O) groups is 3. The average Bonchev–Trinajstić information content (AvgIpc) is 3.17. The summed E-state index contributed by atoms with van der Waals surface area (Å²) < 4.78 is 16.7. The molecule has 0 aliphatic rings. The molecule has 0 aromatic heterocycles. The van der Waals surface area contributed by atoms with Gasteiger partial charge in [-0.1, -0.05) is 233 Å². The maximum atomic E-state index is 12.7. The minimum absolute atomic E-state index is 0.0636. The van der Waals surface area contributed by atoms with Gasteiger partial charge in [-0.15, -0.1) is 0 Å². The highest BCUT2D eigenvalue weighted by molar-refractivity contribution is 5.71. The second-order valence-electron chi connectivity index (χ2n) is 17.2. The van der Waals surface area contributed by atoms with Crippen molar-refractivity contribution in [3.05, 3.63) is 0 Å². The monoisotopic (exact) mass is 779 g/mol. The third kappa shape index (κ3) is 43.4. The van der Waals surface area contributed by atoms with Crippen molar-refractivity contribution in [2.75, 3.05) is 13.2 Å². The van der Waals surface area contributed by atoms with Crippen molar-refractivity contribution >= 4 is 17.9 Å². The smallest absolute Gasteiger partial charge is 0.306 e. The van der Waals surface area contributed by atoms with Crippen molar-refractivity contribution in [3.63, 3.8) is 0 Å². The van der Waals surface area contributed by atoms with Crippen LogP contribution in [0.25, 0.3) is 0 Å². The van der Waals surface area contributed by atoms with Gasteiger partial charge < -0.3 is 14.2 Å². The van der Waals surface area contributed by atoms with Crippen molar-refractivity contribution in [2.24, 2.45) is 5.92 Å². The highest BCUT2D eigenvalue weighted by Crippen LogP contribution is 2.17. The fourth-order valence-corrected chi connectivity index (χ4v) is 7.33. The van der Waals surface area contributed by atoms with Crippen LogP contribution in [0.4, 0.5) is 0 Å². The number of unbranched alkanes of at least 4 members (excludes halogenated alkanes) is 31. The summed E-state index contributed by atoms with van der Waals surface area (Å²) in [5, 5.41) is 0. The molecule has 0 spiro atoms. The summed E-state index contributed by atoms with van der Waals surface area (Å²) >= 11 is 0. The lowest BCUT2D eigenvalue weighted by Crippen LogP contribution is -2.30. The summed E-state index contributed by atoms with van der Waals surface area (Å²) in [4.78, 5) is 37.7. The van der Waals surface area contributed by atoms with Gasteiger partial charge in [0.25, 0.3) is 0 Å². The predicted molar refractivity (Wildman–Crippen MR) is 233 cm³/mol. The zero-order valence-corrected chi connectivity index (χ0v) is 37.4. The third-order valence-electron chi connectivity index (χ3n) is 11.0. The van der Waals surface area contributed by atoms with E-state index in [1.165, 1.54) is 167 Å². The van der Waals surface area contributed by atoms with Crippen molar-refractivity contribution < 1.29 is 28.6 Å². The molecule has 0 amide bonds. The van der Waals surface area contributed by atoms with Gasteiger partial charge in [0, 0.05) is 19.3 Å². The Morgan fingerprint density at radius 2 is 0.600 bits per heavy atom. The van der Waals surface area contributed by atoms with E-state index in [2.05, 4.69) is 27.7 Å². The topological polar surface area (TPSA) is 78.9 Å². The number of esters is 3. The van der Waals surface area contributed by atoms with Gasteiger partial charge in [-0.3, -0.25) is 14.4 Å². The zero-order valence-electron chi connectivity index (χ0n) is 37.4. The molecule has 0 aliphatic carbocycles. The molecule has 0 aliphatic heterocycles. The molecule has 0 saturated heterocycles. The molecule has 55 heavy (non-hydrogen) atoms. The Bertz CT molecular complexity index is 826. The summed E-state index contributed by atoms with van der Waals surface area (Å²) in [6.45, 7) is 8.98. The van der Waals surface area contributed by atoms with Crippen molar-refractivity contribution in [2.45, 2.75) is 278 Å². The van der Waals surface area contributed by atoms with Crippen LogP contribution in [-0.4, -0.2) is 37.2 Å². The summed E-state index contributed by atoms with van der Waals surface area (Å²) in [6.07, 6.45) is 43.8. The molecule has 0 unspecified atom stereocenters. The van der Waals surface area contributed by atoms with Gasteiger partial charge in [0.05, 0.1) is 0 Å². The highest BCUT2D eigenvalue weighted by atomic mass is 16.6. The van der Waals surface area contributed by atoms with Crippen LogP contribution in [-0.2, 0) is 28.6 Å². The zero-order chi connectivity index (χ0) is 40.3.